The maximum Gasteiger partial charge on any atom is 0.319 e. The van der Waals surface area contributed by atoms with Crippen molar-refractivity contribution in [3.05, 3.63) is 47.8 Å². The molecular formula is C25H26FN7O4. The molecule has 37 heavy (non-hydrogen) atoms. The molecule has 192 valence electrons. The second-order valence-corrected chi connectivity index (χ2v) is 9.24. The smallest absolute Gasteiger partial charge is 0.319 e. The van der Waals surface area contributed by atoms with Gasteiger partial charge in [-0.25, -0.2) is 19.4 Å². The number of fused-ring (bicyclic) bond motifs is 2. The van der Waals surface area contributed by atoms with Gasteiger partial charge in [0.25, 0.3) is 0 Å². The van der Waals surface area contributed by atoms with Gasteiger partial charge >= 0.3 is 5.97 Å². The van der Waals surface area contributed by atoms with E-state index in [1.807, 2.05) is 6.07 Å². The molecule has 1 saturated carbocycles. The van der Waals surface area contributed by atoms with Crippen LogP contribution in [0, 0.1) is 23.1 Å². The van der Waals surface area contributed by atoms with Crippen LogP contribution >= 0.6 is 0 Å². The molecule has 1 aliphatic heterocycles. The van der Waals surface area contributed by atoms with Crippen LogP contribution in [-0.4, -0.2) is 62.8 Å². The summed E-state index contributed by atoms with van der Waals surface area (Å²) in [6.45, 7) is 0.452. The van der Waals surface area contributed by atoms with Crippen LogP contribution in [0.15, 0.2) is 30.6 Å². The predicted molar refractivity (Wildman–Crippen MR) is 130 cm³/mol. The Labute approximate surface area is 211 Å². The highest BCUT2D eigenvalue weighted by molar-refractivity contribution is 5.89. The Morgan fingerprint density at radius 2 is 2.19 bits per heavy atom. The number of hydrogen-bond acceptors (Lipinski definition) is 8. The van der Waals surface area contributed by atoms with Crippen molar-refractivity contribution in [1.82, 2.24) is 25.0 Å². The quantitative estimate of drug-likeness (QED) is 0.418. The normalized spacial score (nSPS) is 21.3. The third-order valence-electron chi connectivity index (χ3n) is 7.17. The second-order valence-electron chi connectivity index (χ2n) is 9.24. The fraction of sp³-hybridized carbons (Fsp3) is 0.400. The van der Waals surface area contributed by atoms with Crippen LogP contribution in [0.2, 0.25) is 0 Å². The molecule has 0 bridgehead atoms. The first-order valence-electron chi connectivity index (χ1n) is 12.0. The topological polar surface area (TPSA) is 145 Å². The molecule has 2 aliphatic rings. The molecule has 3 aromatic rings. The number of carbonyl (C=O) groups is 2. The molecule has 5 rings (SSSR count). The number of nitrogens with zero attached hydrogens (tertiary/aromatic N) is 5. The molecule has 12 heteroatoms. The van der Waals surface area contributed by atoms with Crippen molar-refractivity contribution in [2.24, 2.45) is 5.92 Å². The SMILES string of the molecule is COc1ccc(F)c2c1cc(C#N)n2CCNc1cc(C2CCC3C(=O)NN(CC(=O)O)C3C2)ncn1. The third kappa shape index (κ3) is 4.65. The molecule has 3 unspecified atom stereocenters. The van der Waals surface area contributed by atoms with Crippen molar-refractivity contribution in [3.63, 3.8) is 0 Å². The Morgan fingerprint density at radius 1 is 1.35 bits per heavy atom. The van der Waals surface area contributed by atoms with Crippen molar-refractivity contribution in [1.29, 1.82) is 5.26 Å². The number of aromatic nitrogens is 3. The van der Waals surface area contributed by atoms with Gasteiger partial charge in [0.05, 0.1) is 18.5 Å². The molecule has 11 nitrogen and oxygen atoms in total. The van der Waals surface area contributed by atoms with Gasteiger partial charge in [0, 0.05) is 42.2 Å². The Bertz CT molecular complexity index is 1400. The van der Waals surface area contributed by atoms with E-state index in [-0.39, 0.29) is 30.3 Å². The average molecular weight is 508 g/mol. The monoisotopic (exact) mass is 507 g/mol. The fourth-order valence-corrected chi connectivity index (χ4v) is 5.48. The molecule has 1 aliphatic carbocycles. The molecule has 2 aromatic heterocycles. The van der Waals surface area contributed by atoms with Crippen LogP contribution in [0.5, 0.6) is 5.75 Å². The number of hydrogen-bond donors (Lipinski definition) is 3. The van der Waals surface area contributed by atoms with Gasteiger partial charge in [-0.05, 0) is 37.5 Å². The van der Waals surface area contributed by atoms with Crippen molar-refractivity contribution >= 4 is 28.6 Å². The summed E-state index contributed by atoms with van der Waals surface area (Å²) in [5, 5.41) is 24.0. The Morgan fingerprint density at radius 3 is 2.95 bits per heavy atom. The average Bonchev–Trinajstić information content (AvgIpc) is 3.42. The molecule has 3 heterocycles. The lowest BCUT2D eigenvalue weighted by molar-refractivity contribution is -0.139. The zero-order valence-corrected chi connectivity index (χ0v) is 20.1. The first-order valence-corrected chi connectivity index (χ1v) is 12.0. The molecule has 3 N–H and O–H groups in total. The number of amides is 1. The highest BCUT2D eigenvalue weighted by Crippen LogP contribution is 2.40. The van der Waals surface area contributed by atoms with Gasteiger partial charge in [-0.2, -0.15) is 5.26 Å². The minimum atomic E-state index is -0.995. The van der Waals surface area contributed by atoms with E-state index >= 15 is 0 Å². The van der Waals surface area contributed by atoms with Crippen molar-refractivity contribution in [2.45, 2.75) is 37.8 Å². The summed E-state index contributed by atoms with van der Waals surface area (Å²) in [6, 6.07) is 8.24. The third-order valence-corrected chi connectivity index (χ3v) is 7.17. The summed E-state index contributed by atoms with van der Waals surface area (Å²) in [4.78, 5) is 32.2. The van der Waals surface area contributed by atoms with E-state index in [4.69, 9.17) is 4.74 Å². The van der Waals surface area contributed by atoms with Gasteiger partial charge in [0.1, 0.15) is 42.0 Å². The number of aliphatic carboxylic acids is 1. The zero-order valence-electron chi connectivity index (χ0n) is 20.1. The summed E-state index contributed by atoms with van der Waals surface area (Å²) in [7, 11) is 1.50. The van der Waals surface area contributed by atoms with Crippen LogP contribution in [0.4, 0.5) is 10.2 Å². The number of hydrazine groups is 1. The predicted octanol–water partition coefficient (Wildman–Crippen LogP) is 2.25. The number of rotatable bonds is 8. The number of nitriles is 1. The number of carboxylic acids is 1. The first-order chi connectivity index (χ1) is 17.9. The summed E-state index contributed by atoms with van der Waals surface area (Å²) in [5.74, 6) is -0.648. The standard InChI is InChI=1S/C25H26FN7O4/c1-37-21-5-4-18(26)24-17(21)9-15(11-27)32(24)7-6-28-22-10-19(29-13-30-22)14-2-3-16-20(8-14)33(12-23(34)35)31-25(16)36/h4-5,9-10,13-14,16,20H,2-3,6-8,12H2,1H3,(H,31,36)(H,34,35)(H,28,29,30). The van der Waals surface area contributed by atoms with E-state index < -0.39 is 11.8 Å². The van der Waals surface area contributed by atoms with Crippen molar-refractivity contribution in [2.75, 3.05) is 25.5 Å². The Kier molecular flexibility index (Phi) is 6.62. The lowest BCUT2D eigenvalue weighted by Gasteiger charge is -2.33. The van der Waals surface area contributed by atoms with Gasteiger partial charge in [-0.1, -0.05) is 0 Å². The van der Waals surface area contributed by atoms with Gasteiger partial charge in [0.2, 0.25) is 5.91 Å². The zero-order chi connectivity index (χ0) is 26.1. The van der Waals surface area contributed by atoms with Gasteiger partial charge < -0.3 is 19.7 Å². The van der Waals surface area contributed by atoms with E-state index in [1.54, 1.807) is 10.6 Å². The number of ether oxygens (including phenoxy) is 1. The molecule has 2 fully saturated rings. The summed E-state index contributed by atoms with van der Waals surface area (Å²) >= 11 is 0. The van der Waals surface area contributed by atoms with Crippen LogP contribution in [0.1, 0.15) is 36.6 Å². The molecule has 3 atom stereocenters. The van der Waals surface area contributed by atoms with Crippen LogP contribution in [0.25, 0.3) is 10.9 Å². The number of carboxylic acid groups (broad SMARTS) is 1. The summed E-state index contributed by atoms with van der Waals surface area (Å²) < 4.78 is 21.6. The first kappa shape index (κ1) is 24.5. The summed E-state index contributed by atoms with van der Waals surface area (Å²) in [5.41, 5.74) is 4.14. The highest BCUT2D eigenvalue weighted by atomic mass is 19.1. The fourth-order valence-electron chi connectivity index (χ4n) is 5.48. The Balaban J connectivity index is 1.28. The van der Waals surface area contributed by atoms with Crippen LogP contribution in [-0.2, 0) is 16.1 Å². The van der Waals surface area contributed by atoms with E-state index in [9.17, 15) is 24.3 Å². The maximum absolute atomic E-state index is 14.6. The molecule has 1 aromatic carbocycles. The summed E-state index contributed by atoms with van der Waals surface area (Å²) in [6.07, 6.45) is 3.48. The molecule has 0 radical (unpaired) electrons. The number of benzene rings is 1. The maximum atomic E-state index is 14.6. The Hall–Kier alpha value is -4.24. The molecule has 1 saturated heterocycles. The number of methoxy groups -OCH3 is 1. The van der Waals surface area contributed by atoms with Crippen molar-refractivity contribution in [3.8, 4) is 11.8 Å². The number of carbonyl (C=O) groups excluding carboxylic acids is 1. The van der Waals surface area contributed by atoms with E-state index in [0.717, 1.165) is 12.1 Å². The molecular weight excluding hydrogens is 481 g/mol. The minimum Gasteiger partial charge on any atom is -0.496 e. The van der Waals surface area contributed by atoms with E-state index in [0.29, 0.717) is 54.1 Å². The van der Waals surface area contributed by atoms with Gasteiger partial charge in [-0.15, -0.1) is 0 Å². The minimum absolute atomic E-state index is 0.0499. The van der Waals surface area contributed by atoms with Crippen LogP contribution in [0.3, 0.4) is 0 Å². The van der Waals surface area contributed by atoms with Crippen LogP contribution < -0.4 is 15.5 Å². The lowest BCUT2D eigenvalue weighted by atomic mass is 9.77. The largest absolute Gasteiger partial charge is 0.496 e. The van der Waals surface area contributed by atoms with E-state index in [2.05, 4.69) is 26.8 Å². The van der Waals surface area contributed by atoms with E-state index in [1.165, 1.54) is 30.6 Å². The number of anilines is 1. The second kappa shape index (κ2) is 10.0. The van der Waals surface area contributed by atoms with Crippen molar-refractivity contribution < 1.29 is 23.8 Å². The van der Waals surface area contributed by atoms with Gasteiger partial charge in [0.15, 0.2) is 0 Å². The highest BCUT2D eigenvalue weighted by Gasteiger charge is 2.45. The van der Waals surface area contributed by atoms with Gasteiger partial charge in [-0.3, -0.25) is 15.0 Å². The number of halogens is 1. The lowest BCUT2D eigenvalue weighted by Crippen LogP contribution is -2.43. The number of nitrogens with one attached hydrogen (secondary N) is 2. The molecule has 1 amide bonds. The molecule has 0 spiro atoms.